The van der Waals surface area contributed by atoms with E-state index in [1.165, 1.54) is 11.1 Å². The summed E-state index contributed by atoms with van der Waals surface area (Å²) in [4.78, 5) is 11.5. The predicted molar refractivity (Wildman–Crippen MR) is 84.5 cm³/mol. The Labute approximate surface area is 126 Å². The van der Waals surface area contributed by atoms with Crippen molar-refractivity contribution in [3.05, 3.63) is 28.8 Å². The molecule has 1 aliphatic carbocycles. The largest absolute Gasteiger partial charge is 0.508 e. The van der Waals surface area contributed by atoms with Gasteiger partial charge in [-0.25, -0.2) is 0 Å². The highest BCUT2D eigenvalue weighted by molar-refractivity contribution is 5.77. The summed E-state index contributed by atoms with van der Waals surface area (Å²) in [5, 5.41) is 16.5. The minimum absolute atomic E-state index is 0.0175. The van der Waals surface area contributed by atoms with Gasteiger partial charge < -0.3 is 15.7 Å². The first-order chi connectivity index (χ1) is 9.91. The van der Waals surface area contributed by atoms with Crippen molar-refractivity contribution in [3.8, 4) is 5.75 Å². The van der Waals surface area contributed by atoms with Crippen LogP contribution in [0.25, 0.3) is 0 Å². The van der Waals surface area contributed by atoms with Gasteiger partial charge in [0.15, 0.2) is 0 Å². The normalized spacial score (nSPS) is 20.6. The topological polar surface area (TPSA) is 61.4 Å². The number of phenols is 1. The van der Waals surface area contributed by atoms with E-state index in [2.05, 4.69) is 24.5 Å². The van der Waals surface area contributed by atoms with E-state index >= 15 is 0 Å². The monoisotopic (exact) mass is 290 g/mol. The van der Waals surface area contributed by atoms with Crippen LogP contribution in [0.2, 0.25) is 0 Å². The van der Waals surface area contributed by atoms with Gasteiger partial charge in [0.2, 0.25) is 5.91 Å². The molecule has 1 amide bonds. The van der Waals surface area contributed by atoms with Gasteiger partial charge in [0.05, 0.1) is 0 Å². The lowest BCUT2D eigenvalue weighted by Gasteiger charge is -2.16. The van der Waals surface area contributed by atoms with Crippen LogP contribution in [0.5, 0.6) is 5.75 Å². The lowest BCUT2D eigenvalue weighted by Crippen LogP contribution is -2.35. The van der Waals surface area contributed by atoms with E-state index in [0.717, 1.165) is 12.0 Å². The van der Waals surface area contributed by atoms with Gasteiger partial charge in [-0.05, 0) is 36.5 Å². The van der Waals surface area contributed by atoms with Crippen LogP contribution in [-0.2, 0) is 4.79 Å². The van der Waals surface area contributed by atoms with Crippen LogP contribution in [0.4, 0.5) is 0 Å². The molecule has 1 aromatic rings. The van der Waals surface area contributed by atoms with E-state index < -0.39 is 0 Å². The fourth-order valence-corrected chi connectivity index (χ4v) is 3.17. The summed E-state index contributed by atoms with van der Waals surface area (Å²) in [6.45, 7) is 9.40. The number of rotatable bonds is 5. The number of phenolic OH excluding ortho intramolecular Hbond substituents is 1. The smallest absolute Gasteiger partial charge is 0.222 e. The summed E-state index contributed by atoms with van der Waals surface area (Å²) in [6, 6.07) is 3.93. The molecule has 3 N–H and O–H groups in total. The molecule has 0 spiro atoms. The Balaban J connectivity index is 1.96. The summed E-state index contributed by atoms with van der Waals surface area (Å²) >= 11 is 0. The molecule has 4 nitrogen and oxygen atoms in total. The van der Waals surface area contributed by atoms with Gasteiger partial charge in [-0.2, -0.15) is 0 Å². The minimum atomic E-state index is 0.0175. The van der Waals surface area contributed by atoms with Crippen LogP contribution in [0, 0.1) is 12.8 Å². The SMILES string of the molecule is Cc1ccc(O)c2c1C(C)CC2NCCNC(=O)C(C)C. The molecule has 1 aliphatic rings. The molecule has 0 radical (unpaired) electrons. The Morgan fingerprint density at radius 1 is 1.33 bits per heavy atom. The van der Waals surface area contributed by atoms with Crippen LogP contribution in [-0.4, -0.2) is 24.1 Å². The van der Waals surface area contributed by atoms with Crippen molar-refractivity contribution in [2.45, 2.75) is 46.1 Å². The molecule has 2 atom stereocenters. The zero-order valence-electron chi connectivity index (χ0n) is 13.4. The maximum atomic E-state index is 11.5. The number of hydrogen-bond acceptors (Lipinski definition) is 3. The van der Waals surface area contributed by atoms with Gasteiger partial charge in [-0.15, -0.1) is 0 Å². The Hall–Kier alpha value is -1.55. The highest BCUT2D eigenvalue weighted by Crippen LogP contribution is 2.45. The van der Waals surface area contributed by atoms with E-state index in [9.17, 15) is 9.90 Å². The van der Waals surface area contributed by atoms with Gasteiger partial charge in [-0.1, -0.05) is 26.8 Å². The van der Waals surface area contributed by atoms with E-state index in [0.29, 0.717) is 24.8 Å². The van der Waals surface area contributed by atoms with Gasteiger partial charge in [-0.3, -0.25) is 4.79 Å². The van der Waals surface area contributed by atoms with Crippen LogP contribution in [0.3, 0.4) is 0 Å². The van der Waals surface area contributed by atoms with E-state index in [4.69, 9.17) is 0 Å². The fraction of sp³-hybridized carbons (Fsp3) is 0.588. The molecule has 0 fully saturated rings. The molecule has 0 aromatic heterocycles. The molecule has 0 heterocycles. The Morgan fingerprint density at radius 2 is 2.05 bits per heavy atom. The molecule has 0 saturated heterocycles. The van der Waals surface area contributed by atoms with Crippen molar-refractivity contribution >= 4 is 5.91 Å². The van der Waals surface area contributed by atoms with Crippen molar-refractivity contribution in [3.63, 3.8) is 0 Å². The standard InChI is InChI=1S/C17H26N2O2/c1-10(2)17(21)19-8-7-18-13-9-12(4)15-11(3)5-6-14(20)16(13)15/h5-6,10,12-13,18,20H,7-9H2,1-4H3,(H,19,21). The number of hydrogen-bond donors (Lipinski definition) is 3. The third-order valence-corrected chi connectivity index (χ3v) is 4.25. The van der Waals surface area contributed by atoms with Crippen molar-refractivity contribution in [2.75, 3.05) is 13.1 Å². The maximum absolute atomic E-state index is 11.5. The lowest BCUT2D eigenvalue weighted by atomic mass is 9.97. The van der Waals surface area contributed by atoms with Gasteiger partial charge in [0.1, 0.15) is 5.75 Å². The zero-order chi connectivity index (χ0) is 15.6. The summed E-state index contributed by atoms with van der Waals surface area (Å²) in [6.07, 6.45) is 0.992. The lowest BCUT2D eigenvalue weighted by molar-refractivity contribution is -0.123. The highest BCUT2D eigenvalue weighted by Gasteiger charge is 2.31. The van der Waals surface area contributed by atoms with Gasteiger partial charge >= 0.3 is 0 Å². The second-order valence-corrected chi connectivity index (χ2v) is 6.32. The van der Waals surface area contributed by atoms with Crippen molar-refractivity contribution in [1.29, 1.82) is 0 Å². The van der Waals surface area contributed by atoms with Crippen LogP contribution >= 0.6 is 0 Å². The molecule has 4 heteroatoms. The van der Waals surface area contributed by atoms with Crippen molar-refractivity contribution in [1.82, 2.24) is 10.6 Å². The molecule has 1 aromatic carbocycles. The Bertz CT molecular complexity index is 526. The summed E-state index contributed by atoms with van der Waals surface area (Å²) in [5.74, 6) is 0.929. The molecular formula is C17H26N2O2. The molecule has 21 heavy (non-hydrogen) atoms. The molecule has 0 aliphatic heterocycles. The molecule has 2 unspecified atom stereocenters. The highest BCUT2D eigenvalue weighted by atomic mass is 16.3. The number of fused-ring (bicyclic) bond motifs is 1. The van der Waals surface area contributed by atoms with E-state index in [-0.39, 0.29) is 17.9 Å². The number of benzene rings is 1. The average Bonchev–Trinajstić information content (AvgIpc) is 2.77. The van der Waals surface area contributed by atoms with E-state index in [1.807, 2.05) is 19.9 Å². The number of carbonyl (C=O) groups is 1. The fourth-order valence-electron chi connectivity index (χ4n) is 3.17. The first kappa shape index (κ1) is 15.8. The van der Waals surface area contributed by atoms with Crippen molar-refractivity contribution < 1.29 is 9.90 Å². The van der Waals surface area contributed by atoms with Crippen molar-refractivity contribution in [2.24, 2.45) is 5.92 Å². The maximum Gasteiger partial charge on any atom is 0.222 e. The molecular weight excluding hydrogens is 264 g/mol. The zero-order valence-corrected chi connectivity index (χ0v) is 13.4. The summed E-state index contributed by atoms with van der Waals surface area (Å²) < 4.78 is 0. The van der Waals surface area contributed by atoms with Crippen LogP contribution < -0.4 is 10.6 Å². The van der Waals surface area contributed by atoms with Crippen LogP contribution in [0.1, 0.15) is 55.8 Å². The second-order valence-electron chi connectivity index (χ2n) is 6.32. The summed E-state index contributed by atoms with van der Waals surface area (Å²) in [5.41, 5.74) is 3.56. The first-order valence-corrected chi connectivity index (χ1v) is 7.75. The first-order valence-electron chi connectivity index (χ1n) is 7.75. The van der Waals surface area contributed by atoms with E-state index in [1.54, 1.807) is 6.07 Å². The second kappa shape index (κ2) is 6.48. The number of aromatic hydroxyl groups is 1. The third kappa shape index (κ3) is 3.38. The Kier molecular flexibility index (Phi) is 4.88. The predicted octanol–water partition coefficient (Wildman–Crippen LogP) is 2.61. The number of aryl methyl sites for hydroxylation is 1. The number of nitrogens with one attached hydrogen (secondary N) is 2. The Morgan fingerprint density at radius 3 is 2.71 bits per heavy atom. The average molecular weight is 290 g/mol. The summed E-state index contributed by atoms with van der Waals surface area (Å²) in [7, 11) is 0. The molecule has 116 valence electrons. The third-order valence-electron chi connectivity index (χ3n) is 4.25. The number of carbonyl (C=O) groups excluding carboxylic acids is 1. The molecule has 0 bridgehead atoms. The minimum Gasteiger partial charge on any atom is -0.508 e. The van der Waals surface area contributed by atoms with Gasteiger partial charge in [0.25, 0.3) is 0 Å². The van der Waals surface area contributed by atoms with Gasteiger partial charge in [0, 0.05) is 30.6 Å². The molecule has 0 saturated carbocycles. The quantitative estimate of drug-likeness (QED) is 0.731. The van der Waals surface area contributed by atoms with Crippen LogP contribution in [0.15, 0.2) is 12.1 Å². The number of amides is 1. The molecule has 2 rings (SSSR count).